The fraction of sp³-hybridized carbons (Fsp3) is 0.214. The standard InChI is InChI=1S/C14H12N2O3S2/c1-3-6-19-11-5-4-10(7-12(11)18-2)8-15-16-13(17)9-21-14(16)20/h1,4-5,7-8H,6,9H2,2H3/b15-8-. The first-order valence-corrected chi connectivity index (χ1v) is 7.33. The van der Waals surface area contributed by atoms with E-state index in [0.717, 1.165) is 5.56 Å². The number of carbonyl (C=O) groups excluding carboxylic acids is 1. The van der Waals surface area contributed by atoms with E-state index < -0.39 is 0 Å². The van der Waals surface area contributed by atoms with Gasteiger partial charge in [-0.05, 0) is 23.8 Å². The minimum absolute atomic E-state index is 0.123. The van der Waals surface area contributed by atoms with E-state index in [1.807, 2.05) is 0 Å². The van der Waals surface area contributed by atoms with Gasteiger partial charge >= 0.3 is 0 Å². The fourth-order valence-corrected chi connectivity index (χ4v) is 2.55. The van der Waals surface area contributed by atoms with E-state index in [-0.39, 0.29) is 12.5 Å². The second kappa shape index (κ2) is 7.11. The Morgan fingerprint density at radius 3 is 3.00 bits per heavy atom. The van der Waals surface area contributed by atoms with Gasteiger partial charge in [0.2, 0.25) is 0 Å². The number of nitrogens with zero attached hydrogens (tertiary/aromatic N) is 2. The summed E-state index contributed by atoms with van der Waals surface area (Å²) in [7, 11) is 1.54. The lowest BCUT2D eigenvalue weighted by Crippen LogP contribution is -2.22. The summed E-state index contributed by atoms with van der Waals surface area (Å²) in [6.07, 6.45) is 6.70. The molecule has 2 rings (SSSR count). The van der Waals surface area contributed by atoms with Crippen molar-refractivity contribution in [2.24, 2.45) is 5.10 Å². The van der Waals surface area contributed by atoms with Gasteiger partial charge in [0.15, 0.2) is 15.8 Å². The smallest absolute Gasteiger partial charge is 0.259 e. The van der Waals surface area contributed by atoms with Crippen LogP contribution in [0.15, 0.2) is 23.3 Å². The fourth-order valence-electron chi connectivity index (χ4n) is 1.59. The number of rotatable bonds is 5. The number of carbonyl (C=O) groups is 1. The highest BCUT2D eigenvalue weighted by atomic mass is 32.2. The van der Waals surface area contributed by atoms with Crippen molar-refractivity contribution in [3.05, 3.63) is 23.8 Å². The van der Waals surface area contributed by atoms with Crippen LogP contribution in [0.3, 0.4) is 0 Å². The molecular formula is C14H12N2O3S2. The topological polar surface area (TPSA) is 51.1 Å². The SMILES string of the molecule is C#CCOc1ccc(/C=N\N2C(=O)CSC2=S)cc1OC. The van der Waals surface area contributed by atoms with Gasteiger partial charge in [-0.2, -0.15) is 10.1 Å². The van der Waals surface area contributed by atoms with Crippen molar-refractivity contribution >= 4 is 40.4 Å². The molecule has 0 saturated carbocycles. The Morgan fingerprint density at radius 2 is 2.38 bits per heavy atom. The maximum atomic E-state index is 11.5. The van der Waals surface area contributed by atoms with Gasteiger partial charge < -0.3 is 9.47 Å². The maximum Gasteiger partial charge on any atom is 0.259 e. The second-order valence-electron chi connectivity index (χ2n) is 3.91. The van der Waals surface area contributed by atoms with Crippen molar-refractivity contribution in [3.8, 4) is 23.8 Å². The van der Waals surface area contributed by atoms with Crippen LogP contribution in [0, 0.1) is 12.3 Å². The van der Waals surface area contributed by atoms with Crippen LogP contribution in [-0.4, -0.2) is 40.9 Å². The molecule has 1 saturated heterocycles. The molecular weight excluding hydrogens is 308 g/mol. The van der Waals surface area contributed by atoms with Crippen molar-refractivity contribution < 1.29 is 14.3 Å². The van der Waals surface area contributed by atoms with Gasteiger partial charge in [0.25, 0.3) is 5.91 Å². The zero-order valence-corrected chi connectivity index (χ0v) is 12.9. The third kappa shape index (κ3) is 3.74. The Kier molecular flexibility index (Phi) is 5.20. The average Bonchev–Trinajstić information content (AvgIpc) is 2.82. The van der Waals surface area contributed by atoms with Gasteiger partial charge in [-0.1, -0.05) is 29.9 Å². The largest absolute Gasteiger partial charge is 0.493 e. The molecule has 0 aliphatic carbocycles. The quantitative estimate of drug-likeness (QED) is 0.471. The predicted octanol–water partition coefficient (Wildman–Crippen LogP) is 1.90. The molecule has 1 aliphatic rings. The highest BCUT2D eigenvalue weighted by Gasteiger charge is 2.25. The second-order valence-corrected chi connectivity index (χ2v) is 5.52. The van der Waals surface area contributed by atoms with Gasteiger partial charge in [0.1, 0.15) is 6.61 Å². The summed E-state index contributed by atoms with van der Waals surface area (Å²) in [6.45, 7) is 0.164. The molecule has 1 amide bonds. The molecule has 0 spiro atoms. The summed E-state index contributed by atoms with van der Waals surface area (Å²) in [5.41, 5.74) is 0.757. The molecule has 0 bridgehead atoms. The lowest BCUT2D eigenvalue weighted by Gasteiger charge is -2.10. The molecule has 0 atom stereocenters. The lowest BCUT2D eigenvalue weighted by atomic mass is 10.2. The summed E-state index contributed by atoms with van der Waals surface area (Å²) in [4.78, 5) is 11.5. The lowest BCUT2D eigenvalue weighted by molar-refractivity contribution is -0.123. The van der Waals surface area contributed by atoms with Crippen LogP contribution < -0.4 is 9.47 Å². The molecule has 0 unspecified atom stereocenters. The number of amides is 1. The number of ether oxygens (including phenoxy) is 2. The van der Waals surface area contributed by atoms with Gasteiger partial charge in [-0.25, -0.2) is 0 Å². The van der Waals surface area contributed by atoms with Gasteiger partial charge in [-0.15, -0.1) is 6.42 Å². The number of methoxy groups -OCH3 is 1. The zero-order valence-electron chi connectivity index (χ0n) is 11.2. The van der Waals surface area contributed by atoms with Crippen LogP contribution in [-0.2, 0) is 4.79 Å². The third-order valence-electron chi connectivity index (χ3n) is 2.55. The minimum Gasteiger partial charge on any atom is -0.493 e. The van der Waals surface area contributed by atoms with Crippen molar-refractivity contribution in [2.75, 3.05) is 19.5 Å². The van der Waals surface area contributed by atoms with Crippen LogP contribution in [0.5, 0.6) is 11.5 Å². The Bertz CT molecular complexity index is 622. The number of thioether (sulfide) groups is 1. The van der Waals surface area contributed by atoms with E-state index in [1.165, 1.54) is 23.9 Å². The van der Waals surface area contributed by atoms with E-state index in [0.29, 0.717) is 21.6 Å². The summed E-state index contributed by atoms with van der Waals surface area (Å²) < 4.78 is 11.0. The third-order valence-corrected chi connectivity index (χ3v) is 3.89. The monoisotopic (exact) mass is 320 g/mol. The van der Waals surface area contributed by atoms with Crippen LogP contribution in [0.25, 0.3) is 0 Å². The number of terminal acetylenes is 1. The van der Waals surface area contributed by atoms with Crippen molar-refractivity contribution in [3.63, 3.8) is 0 Å². The Balaban J connectivity index is 2.15. The molecule has 7 heteroatoms. The van der Waals surface area contributed by atoms with Crippen LogP contribution >= 0.6 is 24.0 Å². The van der Waals surface area contributed by atoms with E-state index in [2.05, 4.69) is 11.0 Å². The summed E-state index contributed by atoms with van der Waals surface area (Å²) in [6, 6.07) is 5.26. The van der Waals surface area contributed by atoms with Crippen molar-refractivity contribution in [1.82, 2.24) is 5.01 Å². The molecule has 1 aromatic carbocycles. The molecule has 0 radical (unpaired) electrons. The van der Waals surface area contributed by atoms with Crippen molar-refractivity contribution in [1.29, 1.82) is 0 Å². The van der Waals surface area contributed by atoms with E-state index in [9.17, 15) is 4.79 Å². The van der Waals surface area contributed by atoms with E-state index in [4.69, 9.17) is 28.1 Å². The number of hydrazone groups is 1. The van der Waals surface area contributed by atoms with E-state index in [1.54, 1.807) is 24.4 Å². The van der Waals surface area contributed by atoms with Crippen LogP contribution in [0.4, 0.5) is 0 Å². The zero-order chi connectivity index (χ0) is 15.2. The number of hydrogen-bond acceptors (Lipinski definition) is 6. The molecule has 5 nitrogen and oxygen atoms in total. The molecule has 21 heavy (non-hydrogen) atoms. The molecule has 1 fully saturated rings. The average molecular weight is 320 g/mol. The molecule has 108 valence electrons. The van der Waals surface area contributed by atoms with Gasteiger partial charge in [0, 0.05) is 0 Å². The molecule has 1 heterocycles. The first-order valence-electron chi connectivity index (χ1n) is 5.93. The minimum atomic E-state index is -0.123. The molecule has 1 aromatic rings. The summed E-state index contributed by atoms with van der Waals surface area (Å²) in [5, 5.41) is 5.31. The number of benzene rings is 1. The van der Waals surface area contributed by atoms with Gasteiger partial charge in [0.05, 0.1) is 19.1 Å². The predicted molar refractivity (Wildman–Crippen MR) is 86.8 cm³/mol. The summed E-state index contributed by atoms with van der Waals surface area (Å²) in [5.74, 6) is 3.69. The first-order chi connectivity index (χ1) is 10.2. The highest BCUT2D eigenvalue weighted by Crippen LogP contribution is 2.27. The highest BCUT2D eigenvalue weighted by molar-refractivity contribution is 8.23. The molecule has 0 aromatic heterocycles. The Labute approximate surface area is 132 Å². The summed E-state index contributed by atoms with van der Waals surface area (Å²) >= 11 is 6.34. The van der Waals surface area contributed by atoms with Crippen LogP contribution in [0.1, 0.15) is 5.56 Å². The molecule has 0 N–H and O–H groups in total. The number of hydrogen-bond donors (Lipinski definition) is 0. The maximum absolute atomic E-state index is 11.5. The van der Waals surface area contributed by atoms with E-state index >= 15 is 0 Å². The van der Waals surface area contributed by atoms with Crippen molar-refractivity contribution in [2.45, 2.75) is 0 Å². The van der Waals surface area contributed by atoms with Gasteiger partial charge in [-0.3, -0.25) is 4.79 Å². The van der Waals surface area contributed by atoms with Crippen LogP contribution in [0.2, 0.25) is 0 Å². The molecule has 1 aliphatic heterocycles. The normalized spacial score (nSPS) is 14.6. The Morgan fingerprint density at radius 1 is 1.57 bits per heavy atom. The Hall–Kier alpha value is -2.04. The first kappa shape index (κ1) is 15.4. The number of thiocarbonyl (C=S) groups is 1.